The molecule has 2 aromatic carbocycles. The van der Waals surface area contributed by atoms with E-state index < -0.39 is 50.3 Å². The number of nitrogens with zero attached hydrogens (tertiary/aromatic N) is 2. The number of ether oxygens (including phenoxy) is 2. The van der Waals surface area contributed by atoms with Gasteiger partial charge in [-0.3, -0.25) is 19.1 Å². The predicted octanol–water partition coefficient (Wildman–Crippen LogP) is 4.75. The molecule has 4 aliphatic rings. The minimum atomic E-state index is -3.91. The average molecular weight is 724 g/mol. The van der Waals surface area contributed by atoms with Crippen LogP contribution < -0.4 is 24.8 Å². The second kappa shape index (κ2) is 13.7. The third-order valence-electron chi connectivity index (χ3n) is 10.8. The fourth-order valence-electron chi connectivity index (χ4n) is 7.31. The number of fused-ring (bicyclic) bond motifs is 3. The first-order valence-corrected chi connectivity index (χ1v) is 19.9. The summed E-state index contributed by atoms with van der Waals surface area (Å²) in [5.74, 6) is -0.960. The van der Waals surface area contributed by atoms with Crippen molar-refractivity contribution in [3.8, 4) is 10.9 Å². The maximum Gasteiger partial charge on any atom is 0.274 e. The van der Waals surface area contributed by atoms with Gasteiger partial charge in [-0.15, -0.1) is 0 Å². The molecule has 2 saturated carbocycles. The van der Waals surface area contributed by atoms with Gasteiger partial charge in [-0.2, -0.15) is 0 Å². The number of para-hydroxylation sites is 1. The molecule has 7 rings (SSSR count). The quantitative estimate of drug-likeness (QED) is 0.299. The van der Waals surface area contributed by atoms with E-state index in [0.29, 0.717) is 43.0 Å². The molecule has 2 aliphatic heterocycles. The highest BCUT2D eigenvalue weighted by Crippen LogP contribution is 2.49. The molecule has 3 heterocycles. The maximum absolute atomic E-state index is 14.5. The number of carbonyl (C=O) groups excluding carboxylic acids is 3. The Kier molecular flexibility index (Phi) is 9.44. The number of amides is 3. The lowest BCUT2D eigenvalue weighted by Gasteiger charge is -2.30. The topological polar surface area (TPSA) is 156 Å². The van der Waals surface area contributed by atoms with E-state index in [-0.39, 0.29) is 24.8 Å². The second-order valence-corrected chi connectivity index (χ2v) is 17.6. The molecular weight excluding hydrogens is 679 g/mol. The van der Waals surface area contributed by atoms with E-state index >= 15 is 0 Å². The molecule has 4 fully saturated rings. The van der Waals surface area contributed by atoms with Crippen LogP contribution in [0.5, 0.6) is 10.9 Å². The first-order valence-electron chi connectivity index (χ1n) is 17.6. The predicted molar refractivity (Wildman–Crippen MR) is 191 cm³/mol. The molecule has 3 N–H and O–H groups in total. The van der Waals surface area contributed by atoms with E-state index in [4.69, 9.17) is 9.47 Å². The Balaban J connectivity index is 1.18. The number of anilines is 1. The number of rotatable bonds is 8. The molecule has 3 amide bonds. The standard InChI is InChI=1S/C36H45N5O7S2/c1-35(17-18-35)50(45,46)40-33(44)36-21-23(36)11-6-4-3-5-7-15-28(37-24-12-10-13-25(19-24)47-2)32(43)41-22-26(20-29(41)31(42)39-36)48-34-38-27-14-8-9-16-30(27)49-34/h8-10,12-14,16,19,23,26,28-29,37H,3-7,11,15,17-18,20-22H2,1-2H3,(H,39,42)(H,40,44)/t23-,26-,28+,29+,36-/m1/s1. The van der Waals surface area contributed by atoms with E-state index in [1.165, 1.54) is 11.3 Å². The van der Waals surface area contributed by atoms with Gasteiger partial charge in [0.25, 0.3) is 11.1 Å². The molecular formula is C36H45N5O7S2. The molecule has 0 spiro atoms. The van der Waals surface area contributed by atoms with E-state index in [9.17, 15) is 22.8 Å². The third-order valence-corrected chi connectivity index (χ3v) is 13.9. The van der Waals surface area contributed by atoms with Crippen molar-refractivity contribution in [1.82, 2.24) is 19.9 Å². The van der Waals surface area contributed by atoms with Crippen molar-refractivity contribution in [1.29, 1.82) is 0 Å². The van der Waals surface area contributed by atoms with Crippen LogP contribution in [-0.4, -0.2) is 78.2 Å². The minimum Gasteiger partial charge on any atom is -0.497 e. The number of nitrogens with one attached hydrogen (secondary N) is 3. The van der Waals surface area contributed by atoms with Crippen molar-refractivity contribution >= 4 is 55.0 Å². The first-order chi connectivity index (χ1) is 24.0. The van der Waals surface area contributed by atoms with Gasteiger partial charge < -0.3 is 25.0 Å². The SMILES string of the molecule is COc1cccc(N[C@H]2CCCCCCC[C@@H]3C[C@@]3(C(=O)NS(=O)(=O)C3(C)CC3)NC(=O)[C@@H]3C[C@@H](Oc4nc5ccccc5s4)CN3C2=O)c1. The molecule has 0 bridgehead atoms. The van der Waals surface area contributed by atoms with Gasteiger partial charge in [0.2, 0.25) is 21.8 Å². The van der Waals surface area contributed by atoms with Gasteiger partial charge in [0.1, 0.15) is 29.5 Å². The van der Waals surface area contributed by atoms with Gasteiger partial charge in [-0.05, 0) is 69.2 Å². The molecule has 5 atom stereocenters. The lowest BCUT2D eigenvalue weighted by atomic mass is 10.0. The number of sulfonamides is 1. The van der Waals surface area contributed by atoms with Gasteiger partial charge in [0.05, 0.1) is 28.6 Å². The van der Waals surface area contributed by atoms with Crippen molar-refractivity contribution in [3.05, 3.63) is 48.5 Å². The molecule has 1 aromatic heterocycles. The second-order valence-electron chi connectivity index (χ2n) is 14.4. The summed E-state index contributed by atoms with van der Waals surface area (Å²) in [4.78, 5) is 48.9. The molecule has 14 heteroatoms. The van der Waals surface area contributed by atoms with E-state index in [0.717, 1.165) is 48.0 Å². The van der Waals surface area contributed by atoms with E-state index in [2.05, 4.69) is 20.3 Å². The molecule has 50 heavy (non-hydrogen) atoms. The average Bonchev–Trinajstić information content (AvgIpc) is 3.90. The molecule has 0 unspecified atom stereocenters. The van der Waals surface area contributed by atoms with Crippen LogP contribution in [0.15, 0.2) is 48.5 Å². The summed E-state index contributed by atoms with van der Waals surface area (Å²) in [5, 5.41) is 6.86. The smallest absolute Gasteiger partial charge is 0.274 e. The largest absolute Gasteiger partial charge is 0.497 e. The number of methoxy groups -OCH3 is 1. The summed E-state index contributed by atoms with van der Waals surface area (Å²) in [5.41, 5.74) is 0.179. The Morgan fingerprint density at radius 1 is 1.04 bits per heavy atom. The van der Waals surface area contributed by atoms with Crippen molar-refractivity contribution < 1.29 is 32.3 Å². The highest BCUT2D eigenvalue weighted by molar-refractivity contribution is 7.91. The summed E-state index contributed by atoms with van der Waals surface area (Å²) >= 11 is 1.40. The summed E-state index contributed by atoms with van der Waals surface area (Å²) < 4.78 is 40.3. The summed E-state index contributed by atoms with van der Waals surface area (Å²) in [6.45, 7) is 1.78. The van der Waals surface area contributed by atoms with Crippen LogP contribution in [0.3, 0.4) is 0 Å². The van der Waals surface area contributed by atoms with Crippen LogP contribution in [0.1, 0.15) is 77.6 Å². The van der Waals surface area contributed by atoms with Crippen molar-refractivity contribution in [2.24, 2.45) is 5.92 Å². The number of benzene rings is 2. The van der Waals surface area contributed by atoms with E-state index in [1.807, 2.05) is 48.5 Å². The lowest BCUT2D eigenvalue weighted by molar-refractivity contribution is -0.140. The number of hydrogen-bond donors (Lipinski definition) is 3. The number of carbonyl (C=O) groups is 3. The monoisotopic (exact) mass is 723 g/mol. The fraction of sp³-hybridized carbons (Fsp3) is 0.556. The van der Waals surface area contributed by atoms with Crippen LogP contribution >= 0.6 is 11.3 Å². The van der Waals surface area contributed by atoms with Crippen LogP contribution in [0, 0.1) is 5.92 Å². The molecule has 2 aliphatic carbocycles. The highest BCUT2D eigenvalue weighted by atomic mass is 32.2. The Hall–Kier alpha value is -3.91. The van der Waals surface area contributed by atoms with Crippen LogP contribution in [0.25, 0.3) is 10.2 Å². The molecule has 2 saturated heterocycles. The van der Waals surface area contributed by atoms with Crippen LogP contribution in [0.2, 0.25) is 0 Å². The fourth-order valence-corrected chi connectivity index (χ4v) is 9.50. The maximum atomic E-state index is 14.5. The summed E-state index contributed by atoms with van der Waals surface area (Å²) in [6.07, 6.45) is 6.77. The summed E-state index contributed by atoms with van der Waals surface area (Å²) in [6, 6.07) is 13.5. The molecule has 0 radical (unpaired) electrons. The Bertz CT molecular complexity index is 1850. The highest BCUT2D eigenvalue weighted by Gasteiger charge is 2.63. The van der Waals surface area contributed by atoms with Crippen LogP contribution in [0.4, 0.5) is 5.69 Å². The lowest BCUT2D eigenvalue weighted by Crippen LogP contribution is -2.58. The molecule has 268 valence electrons. The minimum absolute atomic E-state index is 0.151. The Labute approximate surface area is 296 Å². The van der Waals surface area contributed by atoms with Crippen molar-refractivity contribution in [2.75, 3.05) is 19.0 Å². The number of hydrogen-bond acceptors (Lipinski definition) is 10. The molecule has 3 aromatic rings. The molecule has 12 nitrogen and oxygen atoms in total. The zero-order valence-electron chi connectivity index (χ0n) is 28.5. The van der Waals surface area contributed by atoms with Gasteiger partial charge >= 0.3 is 0 Å². The number of thiazole rings is 1. The van der Waals surface area contributed by atoms with Gasteiger partial charge in [-0.1, -0.05) is 61.6 Å². The van der Waals surface area contributed by atoms with Crippen molar-refractivity contribution in [3.63, 3.8) is 0 Å². The number of aromatic nitrogens is 1. The Morgan fingerprint density at radius 3 is 2.56 bits per heavy atom. The zero-order chi connectivity index (χ0) is 35.1. The van der Waals surface area contributed by atoms with Crippen LogP contribution in [-0.2, 0) is 24.4 Å². The Morgan fingerprint density at radius 2 is 1.80 bits per heavy atom. The van der Waals surface area contributed by atoms with Gasteiger partial charge in [0.15, 0.2) is 0 Å². The van der Waals surface area contributed by atoms with Crippen molar-refractivity contribution in [2.45, 2.75) is 106 Å². The first kappa shape index (κ1) is 34.5. The van der Waals surface area contributed by atoms with Gasteiger partial charge in [0, 0.05) is 18.2 Å². The summed E-state index contributed by atoms with van der Waals surface area (Å²) in [7, 11) is -2.32. The third kappa shape index (κ3) is 7.01. The van der Waals surface area contributed by atoms with E-state index in [1.54, 1.807) is 18.9 Å². The normalized spacial score (nSPS) is 28.3. The van der Waals surface area contributed by atoms with Gasteiger partial charge in [-0.25, -0.2) is 13.4 Å². The zero-order valence-corrected chi connectivity index (χ0v) is 30.1.